The lowest BCUT2D eigenvalue weighted by atomic mass is 10.0. The van der Waals surface area contributed by atoms with Gasteiger partial charge in [0.1, 0.15) is 11.2 Å². The van der Waals surface area contributed by atoms with Crippen LogP contribution in [0.4, 0.5) is 4.79 Å². The highest BCUT2D eigenvalue weighted by molar-refractivity contribution is 5.72. The van der Waals surface area contributed by atoms with Crippen molar-refractivity contribution in [2.24, 2.45) is 0 Å². The van der Waals surface area contributed by atoms with Gasteiger partial charge in [0.2, 0.25) is 0 Å². The summed E-state index contributed by atoms with van der Waals surface area (Å²) in [5, 5.41) is 0. The van der Waals surface area contributed by atoms with E-state index in [1.807, 2.05) is 24.6 Å². The van der Waals surface area contributed by atoms with E-state index in [4.69, 9.17) is 28.4 Å². The van der Waals surface area contributed by atoms with Gasteiger partial charge in [-0.05, 0) is 96.2 Å². The minimum Gasteiger partial charge on any atom is -0.493 e. The summed E-state index contributed by atoms with van der Waals surface area (Å²) in [6.07, 6.45) is 2.65. The first-order valence-corrected chi connectivity index (χ1v) is 11.7. The van der Waals surface area contributed by atoms with Crippen molar-refractivity contribution in [1.82, 2.24) is 0 Å². The van der Waals surface area contributed by atoms with E-state index in [1.54, 1.807) is 74.0 Å². The van der Waals surface area contributed by atoms with Crippen LogP contribution in [-0.2, 0) is 20.7 Å². The zero-order valence-electron chi connectivity index (χ0n) is 22.4. The molecule has 1 radical (unpaired) electrons. The molecule has 0 saturated heterocycles. The Morgan fingerprint density at radius 2 is 1.42 bits per heavy atom. The molecule has 0 aliphatic heterocycles. The lowest BCUT2D eigenvalue weighted by Gasteiger charge is -2.21. The average molecular weight is 502 g/mol. The molecule has 0 heterocycles. The lowest BCUT2D eigenvalue weighted by Crippen LogP contribution is -2.28. The van der Waals surface area contributed by atoms with Gasteiger partial charge in [-0.2, -0.15) is 0 Å². The second-order valence-electron chi connectivity index (χ2n) is 10.1. The number of esters is 1. The quantitative estimate of drug-likeness (QED) is 0.293. The number of aryl methyl sites for hydroxylation is 1. The predicted octanol–water partition coefficient (Wildman–Crippen LogP) is 5.92. The van der Waals surface area contributed by atoms with E-state index in [9.17, 15) is 9.59 Å². The van der Waals surface area contributed by atoms with Gasteiger partial charge < -0.3 is 28.4 Å². The van der Waals surface area contributed by atoms with Crippen molar-refractivity contribution in [3.05, 3.63) is 53.9 Å². The van der Waals surface area contributed by atoms with Crippen molar-refractivity contribution in [3.8, 4) is 23.0 Å². The third-order valence-electron chi connectivity index (χ3n) is 4.58. The number of hydrogen-bond acceptors (Lipinski definition) is 8. The number of hydrogen-bond donors (Lipinski definition) is 0. The molecule has 0 N–H and O–H groups in total. The first-order valence-electron chi connectivity index (χ1n) is 11.7. The maximum atomic E-state index is 12.2. The van der Waals surface area contributed by atoms with Gasteiger partial charge in [0, 0.05) is 0 Å². The van der Waals surface area contributed by atoms with Crippen LogP contribution >= 0.6 is 0 Å². The maximum absolute atomic E-state index is 12.2. The van der Waals surface area contributed by atoms with Gasteiger partial charge in [-0.1, -0.05) is 12.1 Å². The third kappa shape index (κ3) is 10.1. The van der Waals surface area contributed by atoms with Crippen LogP contribution in [0, 0.1) is 6.42 Å². The van der Waals surface area contributed by atoms with Gasteiger partial charge in [-0.3, -0.25) is 0 Å². The molecule has 0 bridgehead atoms. The summed E-state index contributed by atoms with van der Waals surface area (Å²) in [6, 6.07) is 10.9. The van der Waals surface area contributed by atoms with E-state index in [0.29, 0.717) is 11.5 Å². The molecule has 0 aliphatic carbocycles. The normalized spacial score (nSPS) is 11.4. The molecule has 197 valence electrons. The predicted molar refractivity (Wildman–Crippen MR) is 136 cm³/mol. The second kappa shape index (κ2) is 12.5. The van der Waals surface area contributed by atoms with Crippen LogP contribution in [0.5, 0.6) is 23.0 Å². The van der Waals surface area contributed by atoms with E-state index < -0.39 is 23.3 Å². The van der Waals surface area contributed by atoms with Crippen LogP contribution in [0.15, 0.2) is 36.4 Å². The molecular formula is C28H37O8. The van der Waals surface area contributed by atoms with Crippen LogP contribution in [0.3, 0.4) is 0 Å². The summed E-state index contributed by atoms with van der Waals surface area (Å²) in [5.74, 6) is 1.19. The summed E-state index contributed by atoms with van der Waals surface area (Å²) in [5.41, 5.74) is 0.573. The van der Waals surface area contributed by atoms with E-state index in [2.05, 4.69) is 0 Å². The Bertz CT molecular complexity index is 1030. The Kier molecular flexibility index (Phi) is 10.0. The van der Waals surface area contributed by atoms with Crippen molar-refractivity contribution < 1.29 is 38.0 Å². The van der Waals surface area contributed by atoms with Crippen LogP contribution in [-0.4, -0.2) is 44.2 Å². The average Bonchev–Trinajstić information content (AvgIpc) is 2.76. The summed E-state index contributed by atoms with van der Waals surface area (Å²) in [7, 11) is 3.21. The highest BCUT2D eigenvalue weighted by Gasteiger charge is 2.21. The SMILES string of the molecule is COc1ccc(CC[CH]c2ccc(OC(=O)OC(C)(C)C)c(OCC(=O)OC(C)(C)C)c2)cc1OC. The van der Waals surface area contributed by atoms with Crippen LogP contribution in [0.2, 0.25) is 0 Å². The zero-order valence-corrected chi connectivity index (χ0v) is 22.4. The van der Waals surface area contributed by atoms with Crippen LogP contribution < -0.4 is 18.9 Å². The number of benzene rings is 2. The summed E-state index contributed by atoms with van der Waals surface area (Å²) < 4.78 is 32.2. The smallest absolute Gasteiger partial charge is 0.493 e. The fourth-order valence-corrected chi connectivity index (χ4v) is 3.16. The molecule has 2 aromatic rings. The number of rotatable bonds is 10. The molecule has 0 aliphatic rings. The molecule has 0 fully saturated rings. The monoisotopic (exact) mass is 501 g/mol. The molecule has 8 nitrogen and oxygen atoms in total. The molecule has 0 spiro atoms. The molecule has 2 aromatic carbocycles. The van der Waals surface area contributed by atoms with E-state index >= 15 is 0 Å². The number of carbonyl (C=O) groups excluding carboxylic acids is 2. The number of methoxy groups -OCH3 is 2. The first-order chi connectivity index (χ1) is 16.8. The largest absolute Gasteiger partial charge is 0.514 e. The fourth-order valence-electron chi connectivity index (χ4n) is 3.16. The van der Waals surface area contributed by atoms with Gasteiger partial charge in [-0.15, -0.1) is 0 Å². The Labute approximate surface area is 213 Å². The molecule has 0 saturated carbocycles. The van der Waals surface area contributed by atoms with Gasteiger partial charge in [-0.25, -0.2) is 9.59 Å². The van der Waals surface area contributed by atoms with Crippen molar-refractivity contribution >= 4 is 12.1 Å². The highest BCUT2D eigenvalue weighted by atomic mass is 16.7. The van der Waals surface area contributed by atoms with E-state index in [1.165, 1.54) is 0 Å². The van der Waals surface area contributed by atoms with Crippen molar-refractivity contribution in [2.45, 2.75) is 65.6 Å². The topological polar surface area (TPSA) is 89.5 Å². The minimum absolute atomic E-state index is 0.143. The Morgan fingerprint density at radius 3 is 2.03 bits per heavy atom. The number of carbonyl (C=O) groups is 2. The Balaban J connectivity index is 2.12. The third-order valence-corrected chi connectivity index (χ3v) is 4.58. The maximum Gasteiger partial charge on any atom is 0.514 e. The fraction of sp³-hybridized carbons (Fsp3) is 0.464. The molecule has 2 rings (SSSR count). The molecule has 0 unspecified atom stereocenters. The van der Waals surface area contributed by atoms with Gasteiger partial charge in [0.15, 0.2) is 29.6 Å². The van der Waals surface area contributed by atoms with Crippen molar-refractivity contribution in [2.75, 3.05) is 20.8 Å². The lowest BCUT2D eigenvalue weighted by molar-refractivity contribution is -0.157. The van der Waals surface area contributed by atoms with E-state index in [0.717, 1.165) is 24.0 Å². The van der Waals surface area contributed by atoms with Crippen molar-refractivity contribution in [1.29, 1.82) is 0 Å². The Morgan fingerprint density at radius 1 is 0.778 bits per heavy atom. The number of ether oxygens (including phenoxy) is 6. The van der Waals surface area contributed by atoms with Gasteiger partial charge in [0.05, 0.1) is 14.2 Å². The molecule has 36 heavy (non-hydrogen) atoms. The summed E-state index contributed by atoms with van der Waals surface area (Å²) >= 11 is 0. The van der Waals surface area contributed by atoms with Crippen molar-refractivity contribution in [3.63, 3.8) is 0 Å². The minimum atomic E-state index is -0.866. The first kappa shape index (κ1) is 28.8. The highest BCUT2D eigenvalue weighted by Crippen LogP contribution is 2.31. The molecule has 0 aromatic heterocycles. The summed E-state index contributed by atoms with van der Waals surface area (Å²) in [4.78, 5) is 24.4. The molecule has 0 atom stereocenters. The van der Waals surface area contributed by atoms with Crippen LogP contribution in [0.25, 0.3) is 0 Å². The zero-order chi connectivity index (χ0) is 26.9. The van der Waals surface area contributed by atoms with Gasteiger partial charge >= 0.3 is 12.1 Å². The Hall–Kier alpha value is -3.42. The molecule has 0 amide bonds. The van der Waals surface area contributed by atoms with Crippen LogP contribution in [0.1, 0.15) is 59.1 Å². The standard InChI is InChI=1S/C28H37O8/c1-27(2,3)35-25(29)18-33-24-17-20(13-15-22(24)34-26(30)36-28(4,5)6)11-9-10-19-12-14-21(31-7)23(16-19)32-8/h11-17H,9-10,18H2,1-8H3. The molecular weight excluding hydrogens is 464 g/mol. The second-order valence-corrected chi connectivity index (χ2v) is 10.1. The molecule has 8 heteroatoms. The van der Waals surface area contributed by atoms with Gasteiger partial charge in [0.25, 0.3) is 0 Å². The van der Waals surface area contributed by atoms with E-state index in [-0.39, 0.29) is 18.1 Å². The summed E-state index contributed by atoms with van der Waals surface area (Å²) in [6.45, 7) is 10.2.